The van der Waals surface area contributed by atoms with Gasteiger partial charge in [-0.05, 0) is 31.9 Å². The molecule has 0 N–H and O–H groups in total. The van der Waals surface area contributed by atoms with Gasteiger partial charge in [-0.3, -0.25) is 0 Å². The lowest BCUT2D eigenvalue weighted by Gasteiger charge is -2.17. The van der Waals surface area contributed by atoms with E-state index in [9.17, 15) is 4.21 Å². The highest BCUT2D eigenvalue weighted by molar-refractivity contribution is 7.80. The van der Waals surface area contributed by atoms with Crippen molar-refractivity contribution in [2.75, 3.05) is 19.8 Å². The van der Waals surface area contributed by atoms with Crippen LogP contribution >= 0.6 is 0 Å². The molecule has 0 radical (unpaired) electrons. The summed E-state index contributed by atoms with van der Waals surface area (Å²) in [4.78, 5) is 0.680. The van der Waals surface area contributed by atoms with Gasteiger partial charge in [-0.2, -0.15) is 0 Å². The second kappa shape index (κ2) is 10.4. The third-order valence-electron chi connectivity index (χ3n) is 3.72. The van der Waals surface area contributed by atoms with E-state index in [4.69, 9.17) is 13.7 Å². The first-order valence-corrected chi connectivity index (χ1v) is 9.49. The normalized spacial score (nSPS) is 16.4. The van der Waals surface area contributed by atoms with E-state index in [0.717, 1.165) is 38.0 Å². The van der Waals surface area contributed by atoms with Gasteiger partial charge < -0.3 is 13.7 Å². The predicted molar refractivity (Wildman–Crippen MR) is 92.1 cm³/mol. The highest BCUT2D eigenvalue weighted by Gasteiger charge is 2.20. The zero-order valence-corrected chi connectivity index (χ0v) is 14.6. The van der Waals surface area contributed by atoms with Gasteiger partial charge in [0.1, 0.15) is 6.26 Å². The highest BCUT2D eigenvalue weighted by atomic mass is 32.2. The van der Waals surface area contributed by atoms with Crippen molar-refractivity contribution in [3.63, 3.8) is 0 Å². The predicted octanol–water partition coefficient (Wildman–Crippen LogP) is 4.43. The first-order valence-electron chi connectivity index (χ1n) is 8.42. The minimum atomic E-state index is -1.42. The van der Waals surface area contributed by atoms with Crippen LogP contribution in [0.3, 0.4) is 0 Å². The molecule has 1 aromatic rings. The molecular weight excluding hydrogens is 312 g/mol. The molecule has 1 aliphatic rings. The lowest BCUT2D eigenvalue weighted by molar-refractivity contribution is 0.143. The molecule has 1 unspecified atom stereocenters. The molecule has 128 valence electrons. The summed E-state index contributed by atoms with van der Waals surface area (Å²) in [7, 11) is 0. The van der Waals surface area contributed by atoms with Gasteiger partial charge >= 0.3 is 0 Å². The molecule has 1 aliphatic heterocycles. The molecular formula is C18H26O4S. The quantitative estimate of drug-likeness (QED) is 0.560. The monoisotopic (exact) mass is 338 g/mol. The molecule has 5 heteroatoms. The SMILES string of the molecule is CCOCCCCCCCCOC1=COS(=O)c2ccccc21. The summed E-state index contributed by atoms with van der Waals surface area (Å²) in [5.41, 5.74) is 0.869. The Morgan fingerprint density at radius 3 is 2.48 bits per heavy atom. The van der Waals surface area contributed by atoms with Crippen molar-refractivity contribution in [2.24, 2.45) is 0 Å². The number of rotatable bonds is 11. The maximum atomic E-state index is 11.8. The molecule has 2 rings (SSSR count). The van der Waals surface area contributed by atoms with Gasteiger partial charge in [0.05, 0.1) is 11.5 Å². The Morgan fingerprint density at radius 1 is 1.00 bits per heavy atom. The molecule has 1 aromatic carbocycles. The zero-order valence-electron chi connectivity index (χ0n) is 13.8. The van der Waals surface area contributed by atoms with Gasteiger partial charge in [0.25, 0.3) is 0 Å². The lowest BCUT2D eigenvalue weighted by atomic mass is 10.1. The fraction of sp³-hybridized carbons (Fsp3) is 0.556. The summed E-state index contributed by atoms with van der Waals surface area (Å²) < 4.78 is 28.0. The number of benzene rings is 1. The van der Waals surface area contributed by atoms with Crippen LogP contribution in [-0.4, -0.2) is 24.0 Å². The van der Waals surface area contributed by atoms with E-state index in [2.05, 4.69) is 0 Å². The lowest BCUT2D eigenvalue weighted by Crippen LogP contribution is -2.07. The van der Waals surface area contributed by atoms with Crippen LogP contribution in [0.5, 0.6) is 0 Å². The van der Waals surface area contributed by atoms with Crippen molar-refractivity contribution >= 4 is 16.8 Å². The highest BCUT2D eigenvalue weighted by Crippen LogP contribution is 2.28. The van der Waals surface area contributed by atoms with Crippen LogP contribution in [0.2, 0.25) is 0 Å². The maximum absolute atomic E-state index is 11.8. The van der Waals surface area contributed by atoms with Gasteiger partial charge in [0.15, 0.2) is 5.76 Å². The topological polar surface area (TPSA) is 44.8 Å². The fourth-order valence-corrected chi connectivity index (χ4v) is 3.29. The number of unbranched alkanes of at least 4 members (excludes halogenated alkanes) is 5. The van der Waals surface area contributed by atoms with E-state index >= 15 is 0 Å². The van der Waals surface area contributed by atoms with E-state index in [-0.39, 0.29) is 0 Å². The Bertz CT molecular complexity index is 528. The Labute approximate surface area is 141 Å². The van der Waals surface area contributed by atoms with Gasteiger partial charge in [0, 0.05) is 18.8 Å². The molecule has 0 amide bonds. The van der Waals surface area contributed by atoms with Gasteiger partial charge in [-0.25, -0.2) is 4.21 Å². The van der Waals surface area contributed by atoms with Crippen molar-refractivity contribution in [3.8, 4) is 0 Å². The van der Waals surface area contributed by atoms with E-state index in [1.54, 1.807) is 0 Å². The van der Waals surface area contributed by atoms with Gasteiger partial charge in [-0.1, -0.05) is 37.8 Å². The van der Waals surface area contributed by atoms with Crippen molar-refractivity contribution in [3.05, 3.63) is 36.1 Å². The summed E-state index contributed by atoms with van der Waals surface area (Å²) in [6, 6.07) is 7.50. The first kappa shape index (κ1) is 18.0. The third-order valence-corrected chi connectivity index (χ3v) is 4.71. The standard InChI is InChI=1S/C18H26O4S/c1-2-20-13-9-5-3-4-6-10-14-21-17-15-22-23(19)18-12-8-7-11-16(17)18/h7-8,11-12,15H,2-6,9-10,13-14H2,1H3. The van der Waals surface area contributed by atoms with Crippen molar-refractivity contribution in [2.45, 2.75) is 50.3 Å². The second-order valence-corrected chi connectivity index (χ2v) is 6.58. The molecule has 0 aromatic heterocycles. The number of hydrogen-bond acceptors (Lipinski definition) is 4. The largest absolute Gasteiger partial charge is 0.490 e. The van der Waals surface area contributed by atoms with E-state index in [0.29, 0.717) is 17.3 Å². The molecule has 0 bridgehead atoms. The van der Waals surface area contributed by atoms with Crippen LogP contribution in [-0.2, 0) is 24.7 Å². The van der Waals surface area contributed by atoms with E-state index < -0.39 is 11.1 Å². The zero-order chi connectivity index (χ0) is 16.3. The molecule has 0 aliphatic carbocycles. The summed E-state index contributed by atoms with van der Waals surface area (Å²) in [6.45, 7) is 4.39. The smallest absolute Gasteiger partial charge is 0.240 e. The summed E-state index contributed by atoms with van der Waals surface area (Å²) >= 11 is -1.42. The number of hydrogen-bond donors (Lipinski definition) is 0. The van der Waals surface area contributed by atoms with Crippen molar-refractivity contribution in [1.82, 2.24) is 0 Å². The van der Waals surface area contributed by atoms with Crippen LogP contribution in [0.25, 0.3) is 5.76 Å². The minimum Gasteiger partial charge on any atom is -0.490 e. The average molecular weight is 338 g/mol. The Kier molecular flexibility index (Phi) is 8.18. The molecule has 0 fully saturated rings. The van der Waals surface area contributed by atoms with Crippen LogP contribution < -0.4 is 0 Å². The van der Waals surface area contributed by atoms with Crippen LogP contribution in [0.1, 0.15) is 51.0 Å². The molecule has 0 saturated heterocycles. The average Bonchev–Trinajstić information content (AvgIpc) is 2.58. The van der Waals surface area contributed by atoms with Gasteiger partial charge in [0.2, 0.25) is 11.1 Å². The Balaban J connectivity index is 1.59. The molecule has 0 saturated carbocycles. The fourth-order valence-electron chi connectivity index (χ4n) is 2.47. The third kappa shape index (κ3) is 5.99. The van der Waals surface area contributed by atoms with Crippen molar-refractivity contribution < 1.29 is 17.9 Å². The number of ether oxygens (including phenoxy) is 2. The first-order chi connectivity index (χ1) is 11.3. The molecule has 1 heterocycles. The van der Waals surface area contributed by atoms with Crippen molar-refractivity contribution in [1.29, 1.82) is 0 Å². The minimum absolute atomic E-state index is 0.662. The second-order valence-electron chi connectivity index (χ2n) is 5.48. The molecule has 4 nitrogen and oxygen atoms in total. The Hall–Kier alpha value is -1.33. The van der Waals surface area contributed by atoms with Gasteiger partial charge in [-0.15, -0.1) is 0 Å². The summed E-state index contributed by atoms with van der Waals surface area (Å²) in [6.07, 6.45) is 8.52. The molecule has 23 heavy (non-hydrogen) atoms. The van der Waals surface area contributed by atoms with Crippen LogP contribution in [0, 0.1) is 0 Å². The van der Waals surface area contributed by atoms with Crippen LogP contribution in [0.15, 0.2) is 35.4 Å². The summed E-state index contributed by atoms with van der Waals surface area (Å²) in [5, 5.41) is 0. The van der Waals surface area contributed by atoms with Crippen LogP contribution in [0.4, 0.5) is 0 Å². The van der Waals surface area contributed by atoms with E-state index in [1.807, 2.05) is 31.2 Å². The molecule has 0 spiro atoms. The number of fused-ring (bicyclic) bond motifs is 1. The Morgan fingerprint density at radius 2 is 1.70 bits per heavy atom. The summed E-state index contributed by atoms with van der Waals surface area (Å²) in [5.74, 6) is 0.678. The maximum Gasteiger partial charge on any atom is 0.240 e. The molecule has 1 atom stereocenters. The van der Waals surface area contributed by atoms with E-state index in [1.165, 1.54) is 25.5 Å².